The number of carboxylic acid groups (broad SMARTS) is 1. The van der Waals surface area contributed by atoms with Crippen molar-refractivity contribution >= 4 is 12.0 Å². The van der Waals surface area contributed by atoms with Crippen molar-refractivity contribution in [1.29, 1.82) is 0 Å². The van der Waals surface area contributed by atoms with E-state index in [2.05, 4.69) is 10.6 Å². The number of carboxylic acids is 1. The first-order valence-electron chi connectivity index (χ1n) is 7.28. The Morgan fingerprint density at radius 1 is 1.16 bits per heavy atom. The Morgan fingerprint density at radius 3 is 2.21 bits per heavy atom. The second-order valence-corrected chi connectivity index (χ2v) is 5.75. The lowest BCUT2D eigenvalue weighted by Gasteiger charge is -2.23. The van der Waals surface area contributed by atoms with Crippen LogP contribution in [0.2, 0.25) is 0 Å². The lowest BCUT2D eigenvalue weighted by molar-refractivity contribution is -0.137. The van der Waals surface area contributed by atoms with E-state index in [1.807, 2.05) is 13.8 Å². The van der Waals surface area contributed by atoms with Gasteiger partial charge >= 0.3 is 12.0 Å². The Kier molecular flexibility index (Phi) is 6.67. The molecule has 1 atom stereocenters. The number of nitrogens with one attached hydrogen (secondary N) is 2. The van der Waals surface area contributed by atoms with Crippen LogP contribution >= 0.6 is 0 Å². The molecule has 1 aliphatic rings. The van der Waals surface area contributed by atoms with Crippen LogP contribution in [0.1, 0.15) is 58.8 Å². The van der Waals surface area contributed by atoms with Crippen molar-refractivity contribution in [2.75, 3.05) is 0 Å². The minimum atomic E-state index is -0.881. The van der Waals surface area contributed by atoms with E-state index in [0.717, 1.165) is 25.7 Å². The second-order valence-electron chi connectivity index (χ2n) is 5.75. The van der Waals surface area contributed by atoms with Crippen LogP contribution in [0.15, 0.2) is 0 Å². The van der Waals surface area contributed by atoms with E-state index in [0.29, 0.717) is 0 Å². The number of hydrogen-bond donors (Lipinski definition) is 3. The molecule has 0 heterocycles. The fourth-order valence-corrected chi connectivity index (χ4v) is 2.46. The van der Waals surface area contributed by atoms with E-state index in [9.17, 15) is 9.59 Å². The molecule has 5 nitrogen and oxygen atoms in total. The van der Waals surface area contributed by atoms with Gasteiger partial charge in [0.25, 0.3) is 0 Å². The highest BCUT2D eigenvalue weighted by Gasteiger charge is 2.21. The van der Waals surface area contributed by atoms with Gasteiger partial charge < -0.3 is 15.7 Å². The largest absolute Gasteiger partial charge is 0.481 e. The van der Waals surface area contributed by atoms with E-state index in [1.165, 1.54) is 12.8 Å². The van der Waals surface area contributed by atoms with Gasteiger partial charge in [-0.15, -0.1) is 0 Å². The number of rotatable bonds is 5. The number of carbonyl (C=O) groups excluding carboxylic acids is 1. The summed E-state index contributed by atoms with van der Waals surface area (Å²) in [5.74, 6) is -0.774. The summed E-state index contributed by atoms with van der Waals surface area (Å²) < 4.78 is 0. The fourth-order valence-electron chi connectivity index (χ4n) is 2.46. The Morgan fingerprint density at radius 2 is 1.74 bits per heavy atom. The van der Waals surface area contributed by atoms with Crippen molar-refractivity contribution in [2.45, 2.75) is 70.9 Å². The topological polar surface area (TPSA) is 78.4 Å². The van der Waals surface area contributed by atoms with Gasteiger partial charge in [-0.05, 0) is 18.8 Å². The molecule has 2 amide bonds. The van der Waals surface area contributed by atoms with Crippen molar-refractivity contribution in [3.63, 3.8) is 0 Å². The molecule has 0 aliphatic heterocycles. The smallest absolute Gasteiger partial charge is 0.315 e. The number of amides is 2. The summed E-state index contributed by atoms with van der Waals surface area (Å²) in [4.78, 5) is 22.7. The highest BCUT2D eigenvalue weighted by Crippen LogP contribution is 2.17. The molecule has 5 heteroatoms. The molecule has 0 bridgehead atoms. The molecule has 0 spiro atoms. The maximum atomic E-state index is 11.9. The van der Waals surface area contributed by atoms with Crippen LogP contribution in [0.5, 0.6) is 0 Å². The summed E-state index contributed by atoms with van der Waals surface area (Å²) in [7, 11) is 0. The molecule has 3 N–H and O–H groups in total. The van der Waals surface area contributed by atoms with Gasteiger partial charge in [-0.3, -0.25) is 4.79 Å². The van der Waals surface area contributed by atoms with E-state index in [1.54, 1.807) is 0 Å². The van der Waals surface area contributed by atoms with Gasteiger partial charge in [-0.1, -0.05) is 39.5 Å². The number of urea groups is 1. The Hall–Kier alpha value is -1.26. The molecule has 0 aromatic rings. The molecule has 0 aromatic heterocycles. The van der Waals surface area contributed by atoms with Crippen molar-refractivity contribution < 1.29 is 14.7 Å². The summed E-state index contributed by atoms with van der Waals surface area (Å²) in [5, 5.41) is 14.6. The zero-order valence-corrected chi connectivity index (χ0v) is 11.9. The molecule has 1 saturated carbocycles. The summed E-state index contributed by atoms with van der Waals surface area (Å²) in [6.45, 7) is 3.83. The number of hydrogen-bond acceptors (Lipinski definition) is 2. The first-order valence-corrected chi connectivity index (χ1v) is 7.28. The van der Waals surface area contributed by atoms with Crippen LogP contribution < -0.4 is 10.6 Å². The quantitative estimate of drug-likeness (QED) is 0.672. The first-order chi connectivity index (χ1) is 8.99. The van der Waals surface area contributed by atoms with Crippen LogP contribution in [0.25, 0.3) is 0 Å². The summed E-state index contributed by atoms with van der Waals surface area (Å²) in [6.07, 6.45) is 6.83. The highest BCUT2D eigenvalue weighted by atomic mass is 16.4. The standard InChI is InChI=1S/C14H26N2O3/c1-10(2)12(9-13(17)18)16-14(19)15-11-7-5-3-4-6-8-11/h10-12H,3-9H2,1-2H3,(H,17,18)(H2,15,16,19). The van der Waals surface area contributed by atoms with Crippen LogP contribution in [-0.2, 0) is 4.79 Å². The zero-order valence-electron chi connectivity index (χ0n) is 11.9. The molecule has 0 radical (unpaired) electrons. The predicted octanol–water partition coefficient (Wildman–Crippen LogP) is 2.51. The van der Waals surface area contributed by atoms with Crippen LogP contribution in [-0.4, -0.2) is 29.2 Å². The molecular formula is C14H26N2O3. The number of carbonyl (C=O) groups is 2. The molecular weight excluding hydrogens is 244 g/mol. The van der Waals surface area contributed by atoms with Gasteiger partial charge in [-0.2, -0.15) is 0 Å². The van der Waals surface area contributed by atoms with E-state index >= 15 is 0 Å². The molecule has 0 saturated heterocycles. The zero-order chi connectivity index (χ0) is 14.3. The first kappa shape index (κ1) is 15.8. The van der Waals surface area contributed by atoms with Crippen LogP contribution in [0, 0.1) is 5.92 Å². The van der Waals surface area contributed by atoms with Gasteiger partial charge in [0.15, 0.2) is 0 Å². The molecule has 1 fully saturated rings. The Labute approximate surface area is 115 Å². The fraction of sp³-hybridized carbons (Fsp3) is 0.857. The highest BCUT2D eigenvalue weighted by molar-refractivity contribution is 5.76. The second kappa shape index (κ2) is 8.02. The average Bonchev–Trinajstić information content (AvgIpc) is 2.56. The SMILES string of the molecule is CC(C)C(CC(=O)O)NC(=O)NC1CCCCCC1. The minimum Gasteiger partial charge on any atom is -0.481 e. The molecule has 1 rings (SSSR count). The molecule has 19 heavy (non-hydrogen) atoms. The van der Waals surface area contributed by atoms with Gasteiger partial charge in [0.05, 0.1) is 6.42 Å². The predicted molar refractivity (Wildman–Crippen MR) is 74.0 cm³/mol. The molecule has 110 valence electrons. The van der Waals surface area contributed by atoms with E-state index in [4.69, 9.17) is 5.11 Å². The summed E-state index contributed by atoms with van der Waals surface area (Å²) in [5.41, 5.74) is 0. The van der Waals surface area contributed by atoms with Crippen LogP contribution in [0.4, 0.5) is 4.79 Å². The van der Waals surface area contributed by atoms with Crippen molar-refractivity contribution in [1.82, 2.24) is 10.6 Å². The maximum Gasteiger partial charge on any atom is 0.315 e. The normalized spacial score (nSPS) is 18.7. The maximum absolute atomic E-state index is 11.9. The van der Waals surface area contributed by atoms with Crippen molar-refractivity contribution in [2.24, 2.45) is 5.92 Å². The van der Waals surface area contributed by atoms with Gasteiger partial charge in [0, 0.05) is 12.1 Å². The van der Waals surface area contributed by atoms with Gasteiger partial charge in [0.2, 0.25) is 0 Å². The third-order valence-corrected chi connectivity index (χ3v) is 3.71. The molecule has 1 unspecified atom stereocenters. The van der Waals surface area contributed by atoms with Gasteiger partial charge in [-0.25, -0.2) is 4.79 Å². The number of aliphatic carboxylic acids is 1. The summed E-state index contributed by atoms with van der Waals surface area (Å²) >= 11 is 0. The lowest BCUT2D eigenvalue weighted by atomic mass is 10.0. The third kappa shape index (κ3) is 6.45. The van der Waals surface area contributed by atoms with Gasteiger partial charge in [0.1, 0.15) is 0 Å². The molecule has 0 aromatic carbocycles. The minimum absolute atomic E-state index is 0.0320. The lowest BCUT2D eigenvalue weighted by Crippen LogP contribution is -2.48. The monoisotopic (exact) mass is 270 g/mol. The third-order valence-electron chi connectivity index (χ3n) is 3.71. The average molecular weight is 270 g/mol. The molecule has 1 aliphatic carbocycles. The Balaban J connectivity index is 2.40. The van der Waals surface area contributed by atoms with Crippen LogP contribution in [0.3, 0.4) is 0 Å². The summed E-state index contributed by atoms with van der Waals surface area (Å²) in [6, 6.07) is -0.310. The van der Waals surface area contributed by atoms with Crippen molar-refractivity contribution in [3.8, 4) is 0 Å². The van der Waals surface area contributed by atoms with E-state index in [-0.39, 0.29) is 30.5 Å². The Bertz CT molecular complexity index is 297. The van der Waals surface area contributed by atoms with Crippen molar-refractivity contribution in [3.05, 3.63) is 0 Å². The van der Waals surface area contributed by atoms with E-state index < -0.39 is 5.97 Å².